The van der Waals surface area contributed by atoms with Gasteiger partial charge in [-0.15, -0.1) is 0 Å². The average molecular weight is 380 g/mol. The van der Waals surface area contributed by atoms with Crippen molar-refractivity contribution in [1.29, 1.82) is 0 Å². The maximum Gasteiger partial charge on any atom is 0.324 e. The van der Waals surface area contributed by atoms with Crippen LogP contribution < -0.4 is 0 Å². The summed E-state index contributed by atoms with van der Waals surface area (Å²) in [7, 11) is 1.96. The van der Waals surface area contributed by atoms with Crippen LogP contribution in [0.1, 0.15) is 58.9 Å². The van der Waals surface area contributed by atoms with E-state index in [0.29, 0.717) is 0 Å². The Morgan fingerprint density at radius 2 is 2.00 bits per heavy atom. The van der Waals surface area contributed by atoms with Crippen molar-refractivity contribution in [2.75, 3.05) is 13.7 Å². The first-order chi connectivity index (χ1) is 12.5. The van der Waals surface area contributed by atoms with E-state index in [0.717, 1.165) is 18.4 Å². The van der Waals surface area contributed by atoms with E-state index in [4.69, 9.17) is 4.74 Å². The Morgan fingerprint density at radius 1 is 1.33 bits per heavy atom. The third-order valence-corrected chi connectivity index (χ3v) is 5.48. The van der Waals surface area contributed by atoms with Crippen molar-refractivity contribution in [2.24, 2.45) is 11.8 Å². The molecule has 0 saturated heterocycles. The van der Waals surface area contributed by atoms with Crippen molar-refractivity contribution < 1.29 is 19.0 Å². The van der Waals surface area contributed by atoms with Crippen LogP contribution in [0.2, 0.25) is 0 Å². The Morgan fingerprint density at radius 3 is 2.52 bits per heavy atom. The fourth-order valence-corrected chi connectivity index (χ4v) is 4.27. The number of halogens is 1. The molecule has 0 aliphatic heterocycles. The van der Waals surface area contributed by atoms with Gasteiger partial charge in [-0.3, -0.25) is 9.69 Å². The van der Waals surface area contributed by atoms with Crippen LogP contribution in [0.25, 0.3) is 0 Å². The lowest BCUT2D eigenvalue weighted by atomic mass is 9.89. The van der Waals surface area contributed by atoms with Gasteiger partial charge in [-0.25, -0.2) is 4.39 Å². The number of aliphatic hydroxyl groups excluding tert-OH is 1. The lowest BCUT2D eigenvalue weighted by molar-refractivity contribution is -0.163. The molecular formula is C22H34FNO3. The molecule has 1 aromatic carbocycles. The number of carbonyl (C=O) groups is 1. The summed E-state index contributed by atoms with van der Waals surface area (Å²) in [5.41, 5.74) is 0.390. The molecule has 27 heavy (non-hydrogen) atoms. The zero-order valence-electron chi connectivity index (χ0n) is 17.4. The van der Waals surface area contributed by atoms with Gasteiger partial charge in [0.2, 0.25) is 0 Å². The highest BCUT2D eigenvalue weighted by Gasteiger charge is 2.41. The highest BCUT2D eigenvalue weighted by atomic mass is 19.1. The molecule has 3 unspecified atom stereocenters. The molecule has 152 valence electrons. The van der Waals surface area contributed by atoms with Gasteiger partial charge < -0.3 is 9.84 Å². The average Bonchev–Trinajstić information content (AvgIpc) is 2.97. The summed E-state index contributed by atoms with van der Waals surface area (Å²) in [5.74, 6) is -0.217. The number of nitrogens with zero attached hydrogens (tertiary/aromatic N) is 1. The second-order valence-electron chi connectivity index (χ2n) is 9.12. The van der Waals surface area contributed by atoms with Crippen molar-refractivity contribution in [3.8, 4) is 0 Å². The number of esters is 1. The van der Waals surface area contributed by atoms with Crippen LogP contribution in [-0.4, -0.2) is 47.3 Å². The smallest absolute Gasteiger partial charge is 0.324 e. The van der Waals surface area contributed by atoms with Crippen molar-refractivity contribution in [2.45, 2.75) is 71.1 Å². The molecule has 1 aromatic rings. The monoisotopic (exact) mass is 379 g/mol. The third kappa shape index (κ3) is 5.52. The summed E-state index contributed by atoms with van der Waals surface area (Å²) in [6, 6.07) is 6.42. The number of ether oxygens (including phenoxy) is 1. The molecule has 1 aliphatic rings. The summed E-state index contributed by atoms with van der Waals surface area (Å²) < 4.78 is 19.3. The molecule has 0 heterocycles. The van der Waals surface area contributed by atoms with Gasteiger partial charge in [-0.2, -0.15) is 0 Å². The topological polar surface area (TPSA) is 49.8 Å². The number of hydrogen-bond donors (Lipinski definition) is 1. The number of hydrogen-bond acceptors (Lipinski definition) is 4. The molecule has 1 saturated carbocycles. The highest BCUT2D eigenvalue weighted by molar-refractivity contribution is 5.76. The van der Waals surface area contributed by atoms with E-state index in [2.05, 4.69) is 4.90 Å². The van der Waals surface area contributed by atoms with Gasteiger partial charge in [0.25, 0.3) is 0 Å². The van der Waals surface area contributed by atoms with Crippen LogP contribution in [0.4, 0.5) is 4.39 Å². The van der Waals surface area contributed by atoms with Crippen molar-refractivity contribution >= 4 is 5.97 Å². The molecule has 2 rings (SSSR count). The fourth-order valence-electron chi connectivity index (χ4n) is 4.27. The van der Waals surface area contributed by atoms with E-state index in [1.165, 1.54) is 6.07 Å². The van der Waals surface area contributed by atoms with E-state index >= 15 is 0 Å². The molecule has 5 heteroatoms. The molecule has 1 fully saturated rings. The number of rotatable bonds is 6. The summed E-state index contributed by atoms with van der Waals surface area (Å²) >= 11 is 0. The molecule has 1 N–H and O–H groups in total. The first-order valence-electron chi connectivity index (χ1n) is 9.84. The Kier molecular flexibility index (Phi) is 7.03. The first-order valence-corrected chi connectivity index (χ1v) is 9.84. The third-order valence-electron chi connectivity index (χ3n) is 5.48. The van der Waals surface area contributed by atoms with Gasteiger partial charge in [0.05, 0.1) is 0 Å². The SMILES string of the molecule is CC(C)[C@H](C(=O)OC(C)(C)C)N(C)C1CC(CO)C(c2cccc(F)c2)C1. The quantitative estimate of drug-likeness (QED) is 0.760. The largest absolute Gasteiger partial charge is 0.459 e. The van der Waals surface area contributed by atoms with Gasteiger partial charge in [0.1, 0.15) is 17.5 Å². The number of benzene rings is 1. The van der Waals surface area contributed by atoms with Gasteiger partial charge in [0.15, 0.2) is 0 Å². The molecule has 4 atom stereocenters. The summed E-state index contributed by atoms with van der Waals surface area (Å²) in [6.45, 7) is 9.73. The van der Waals surface area contributed by atoms with Crippen molar-refractivity contribution in [3.05, 3.63) is 35.6 Å². The number of aliphatic hydroxyl groups is 1. The standard InChI is InChI=1S/C22H34FNO3/c1-14(2)20(21(26)27-22(3,4)5)24(6)18-11-16(13-25)19(12-18)15-8-7-9-17(23)10-15/h7-10,14,16,18-20,25H,11-13H2,1-6H3/t16?,18?,19?,20-/m1/s1. The maximum atomic E-state index is 13.7. The van der Waals surface area contributed by atoms with Crippen LogP contribution >= 0.6 is 0 Å². The first kappa shape index (κ1) is 21.8. The van der Waals surface area contributed by atoms with Crippen LogP contribution in [0.15, 0.2) is 24.3 Å². The molecule has 0 aromatic heterocycles. The number of carbonyl (C=O) groups excluding carboxylic acids is 1. The minimum absolute atomic E-state index is 0.0598. The summed E-state index contributed by atoms with van der Waals surface area (Å²) in [6.07, 6.45) is 1.57. The van der Waals surface area contributed by atoms with Gasteiger partial charge >= 0.3 is 5.97 Å². The van der Waals surface area contributed by atoms with Crippen molar-refractivity contribution in [1.82, 2.24) is 4.90 Å². The van der Waals surface area contributed by atoms with E-state index in [1.807, 2.05) is 47.7 Å². The molecular weight excluding hydrogens is 345 g/mol. The van der Waals surface area contributed by atoms with Crippen LogP contribution in [0.3, 0.4) is 0 Å². The second kappa shape index (κ2) is 8.70. The Bertz CT molecular complexity index is 641. The molecule has 0 amide bonds. The molecule has 0 radical (unpaired) electrons. The molecule has 0 spiro atoms. The fraction of sp³-hybridized carbons (Fsp3) is 0.682. The summed E-state index contributed by atoms with van der Waals surface area (Å²) in [5, 5.41) is 9.87. The van der Waals surface area contributed by atoms with Crippen molar-refractivity contribution in [3.63, 3.8) is 0 Å². The lowest BCUT2D eigenvalue weighted by Gasteiger charge is -2.36. The van der Waals surface area contributed by atoms with E-state index in [1.54, 1.807) is 12.1 Å². The minimum atomic E-state index is -0.529. The Hall–Kier alpha value is -1.46. The van der Waals surface area contributed by atoms with E-state index in [-0.39, 0.29) is 48.2 Å². The van der Waals surface area contributed by atoms with Gasteiger partial charge in [-0.1, -0.05) is 26.0 Å². The van der Waals surface area contributed by atoms with Crippen LogP contribution in [0, 0.1) is 17.7 Å². The van der Waals surface area contributed by atoms with E-state index in [9.17, 15) is 14.3 Å². The Labute approximate surface area is 162 Å². The normalized spacial score (nSPS) is 24.4. The predicted octanol–water partition coefficient (Wildman–Crippen LogP) is 3.98. The number of likely N-dealkylation sites (N-methyl/N-ethyl adjacent to an activating group) is 1. The highest BCUT2D eigenvalue weighted by Crippen LogP contribution is 2.42. The minimum Gasteiger partial charge on any atom is -0.459 e. The molecule has 0 bridgehead atoms. The van der Waals surface area contributed by atoms with Crippen LogP contribution in [0.5, 0.6) is 0 Å². The zero-order valence-corrected chi connectivity index (χ0v) is 17.4. The lowest BCUT2D eigenvalue weighted by Crippen LogP contribution is -2.49. The van der Waals surface area contributed by atoms with Gasteiger partial charge in [0, 0.05) is 12.6 Å². The second-order valence-corrected chi connectivity index (χ2v) is 9.12. The van der Waals surface area contributed by atoms with Gasteiger partial charge in [-0.05, 0) is 76.1 Å². The van der Waals surface area contributed by atoms with Crippen LogP contribution in [-0.2, 0) is 9.53 Å². The zero-order chi connectivity index (χ0) is 20.4. The van der Waals surface area contributed by atoms with E-state index < -0.39 is 5.60 Å². The summed E-state index contributed by atoms with van der Waals surface area (Å²) in [4.78, 5) is 14.9. The molecule has 4 nitrogen and oxygen atoms in total. The predicted molar refractivity (Wildman–Crippen MR) is 105 cm³/mol. The maximum absolute atomic E-state index is 13.7. The Balaban J connectivity index is 2.19. The molecule has 1 aliphatic carbocycles.